The Morgan fingerprint density at radius 2 is 2.38 bits per heavy atom. The highest BCUT2D eigenvalue weighted by Crippen LogP contribution is 2.29. The first-order valence-electron chi connectivity index (χ1n) is 4.30. The van der Waals surface area contributed by atoms with Crippen LogP contribution in [0, 0.1) is 3.70 Å². The minimum absolute atomic E-state index is 0.420. The summed E-state index contributed by atoms with van der Waals surface area (Å²) in [5.41, 5.74) is 6.54. The number of ether oxygens (including phenoxy) is 1. The summed E-state index contributed by atoms with van der Waals surface area (Å²) < 4.78 is 6.59. The van der Waals surface area contributed by atoms with Gasteiger partial charge in [-0.1, -0.05) is 0 Å². The molecule has 1 aliphatic carbocycles. The number of rotatable bonds is 3. The fourth-order valence-electron chi connectivity index (χ4n) is 1.03. The molecule has 2 rings (SSSR count). The third-order valence-electron chi connectivity index (χ3n) is 1.92. The highest BCUT2D eigenvalue weighted by atomic mass is 127. The molecule has 1 aliphatic rings. The molecule has 3 nitrogen and oxygen atoms in total. The minimum atomic E-state index is 0.420. The molecule has 0 spiro atoms. The summed E-state index contributed by atoms with van der Waals surface area (Å²) in [6.07, 6.45) is 4.55. The summed E-state index contributed by atoms with van der Waals surface area (Å²) in [6.45, 7) is 0.519. The van der Waals surface area contributed by atoms with Gasteiger partial charge in [-0.2, -0.15) is 0 Å². The second-order valence-electron chi connectivity index (χ2n) is 3.15. The van der Waals surface area contributed by atoms with Crippen LogP contribution in [0.1, 0.15) is 18.4 Å². The van der Waals surface area contributed by atoms with E-state index in [-0.39, 0.29) is 0 Å². The lowest BCUT2D eigenvalue weighted by Crippen LogP contribution is -2.03. The lowest BCUT2D eigenvalue weighted by atomic mass is 10.3. The topological polar surface area (TPSA) is 48.1 Å². The van der Waals surface area contributed by atoms with Gasteiger partial charge in [-0.25, -0.2) is 4.98 Å². The maximum atomic E-state index is 5.67. The Hall–Kier alpha value is -0.360. The summed E-state index contributed by atoms with van der Waals surface area (Å²) in [4.78, 5) is 4.21. The van der Waals surface area contributed by atoms with Crippen LogP contribution in [0.25, 0.3) is 0 Å². The molecule has 0 amide bonds. The van der Waals surface area contributed by atoms with Gasteiger partial charge in [0.1, 0.15) is 3.70 Å². The Morgan fingerprint density at radius 1 is 1.62 bits per heavy atom. The number of nitrogens with zero attached hydrogens (tertiary/aromatic N) is 1. The molecule has 0 aromatic carbocycles. The van der Waals surface area contributed by atoms with E-state index in [1.165, 1.54) is 12.8 Å². The molecule has 1 aromatic heterocycles. The van der Waals surface area contributed by atoms with Crippen molar-refractivity contribution in [1.29, 1.82) is 0 Å². The lowest BCUT2D eigenvalue weighted by Gasteiger charge is -2.07. The lowest BCUT2D eigenvalue weighted by molar-refractivity contribution is 0.299. The van der Waals surface area contributed by atoms with Gasteiger partial charge in [-0.3, -0.25) is 0 Å². The van der Waals surface area contributed by atoms with Gasteiger partial charge < -0.3 is 10.5 Å². The van der Waals surface area contributed by atoms with Gasteiger partial charge in [-0.05, 0) is 47.1 Å². The molecule has 2 N–H and O–H groups in total. The molecule has 0 radical (unpaired) electrons. The van der Waals surface area contributed by atoms with Crippen LogP contribution in [0.3, 0.4) is 0 Å². The average molecular weight is 290 g/mol. The second kappa shape index (κ2) is 3.79. The van der Waals surface area contributed by atoms with E-state index in [0.29, 0.717) is 12.6 Å². The summed E-state index contributed by atoms with van der Waals surface area (Å²) in [5.74, 6) is 0.881. The third-order valence-corrected chi connectivity index (χ3v) is 2.73. The van der Waals surface area contributed by atoms with Gasteiger partial charge in [-0.15, -0.1) is 0 Å². The van der Waals surface area contributed by atoms with E-state index < -0.39 is 0 Å². The molecule has 1 aromatic rings. The van der Waals surface area contributed by atoms with Gasteiger partial charge in [0.05, 0.1) is 6.10 Å². The van der Waals surface area contributed by atoms with Crippen molar-refractivity contribution in [2.75, 3.05) is 0 Å². The van der Waals surface area contributed by atoms with Crippen LogP contribution < -0.4 is 10.5 Å². The van der Waals surface area contributed by atoms with Gasteiger partial charge >= 0.3 is 0 Å². The highest BCUT2D eigenvalue weighted by Gasteiger charge is 2.24. The van der Waals surface area contributed by atoms with E-state index in [0.717, 1.165) is 15.0 Å². The van der Waals surface area contributed by atoms with Crippen molar-refractivity contribution in [3.05, 3.63) is 21.5 Å². The highest BCUT2D eigenvalue weighted by molar-refractivity contribution is 14.1. The summed E-state index contributed by atoms with van der Waals surface area (Å²) in [6, 6.07) is 1.98. The molecule has 1 saturated carbocycles. The van der Waals surface area contributed by atoms with Crippen LogP contribution in [0.4, 0.5) is 0 Å². The zero-order chi connectivity index (χ0) is 9.26. The second-order valence-corrected chi connectivity index (χ2v) is 4.18. The molecule has 13 heavy (non-hydrogen) atoms. The number of hydrogen-bond acceptors (Lipinski definition) is 3. The minimum Gasteiger partial charge on any atom is -0.488 e. The molecule has 0 bridgehead atoms. The SMILES string of the molecule is NCc1cnc(I)c(OC2CC2)c1. The standard InChI is InChI=1S/C9H11IN2O/c10-9-8(13-7-1-2-7)3-6(4-11)5-12-9/h3,5,7H,1-2,4,11H2. The van der Waals surface area contributed by atoms with Crippen molar-refractivity contribution in [2.24, 2.45) is 5.73 Å². The Morgan fingerprint density at radius 3 is 3.00 bits per heavy atom. The molecule has 0 atom stereocenters. The molecule has 70 valence electrons. The van der Waals surface area contributed by atoms with Crippen molar-refractivity contribution < 1.29 is 4.74 Å². The molecule has 0 aliphatic heterocycles. The van der Waals surface area contributed by atoms with Crippen molar-refractivity contribution in [1.82, 2.24) is 4.98 Å². The zero-order valence-electron chi connectivity index (χ0n) is 7.16. The summed E-state index contributed by atoms with van der Waals surface area (Å²) in [5, 5.41) is 0. The maximum Gasteiger partial charge on any atom is 0.151 e. The molecule has 0 saturated heterocycles. The van der Waals surface area contributed by atoms with E-state index in [1.807, 2.05) is 6.07 Å². The third kappa shape index (κ3) is 2.31. The smallest absolute Gasteiger partial charge is 0.151 e. The Balaban J connectivity index is 2.19. The summed E-state index contributed by atoms with van der Waals surface area (Å²) >= 11 is 2.18. The van der Waals surface area contributed by atoms with E-state index in [4.69, 9.17) is 10.5 Å². The van der Waals surface area contributed by atoms with Crippen molar-refractivity contribution in [2.45, 2.75) is 25.5 Å². The number of nitrogens with two attached hydrogens (primary N) is 1. The van der Waals surface area contributed by atoms with Crippen LogP contribution in [0.15, 0.2) is 12.3 Å². The van der Waals surface area contributed by atoms with E-state index in [2.05, 4.69) is 27.6 Å². The van der Waals surface area contributed by atoms with Gasteiger partial charge in [0.15, 0.2) is 5.75 Å². The fourth-order valence-corrected chi connectivity index (χ4v) is 1.45. The quantitative estimate of drug-likeness (QED) is 0.680. The van der Waals surface area contributed by atoms with Crippen LogP contribution >= 0.6 is 22.6 Å². The number of halogens is 1. The monoisotopic (exact) mass is 290 g/mol. The Bertz CT molecular complexity index is 312. The number of hydrogen-bond donors (Lipinski definition) is 1. The van der Waals surface area contributed by atoms with Crippen LogP contribution in [-0.4, -0.2) is 11.1 Å². The number of pyridine rings is 1. The van der Waals surface area contributed by atoms with Gasteiger partial charge in [0.25, 0.3) is 0 Å². The molecule has 4 heteroatoms. The van der Waals surface area contributed by atoms with E-state index in [9.17, 15) is 0 Å². The van der Waals surface area contributed by atoms with Crippen LogP contribution in [0.2, 0.25) is 0 Å². The van der Waals surface area contributed by atoms with E-state index in [1.54, 1.807) is 6.20 Å². The fraction of sp³-hybridized carbons (Fsp3) is 0.444. The molecule has 1 fully saturated rings. The molecule has 1 heterocycles. The van der Waals surface area contributed by atoms with Crippen molar-refractivity contribution >= 4 is 22.6 Å². The van der Waals surface area contributed by atoms with E-state index >= 15 is 0 Å². The average Bonchev–Trinajstić information content (AvgIpc) is 2.93. The largest absolute Gasteiger partial charge is 0.488 e. The predicted molar refractivity (Wildman–Crippen MR) is 58.5 cm³/mol. The normalized spacial score (nSPS) is 15.8. The van der Waals surface area contributed by atoms with Gasteiger partial charge in [0, 0.05) is 12.7 Å². The first-order valence-corrected chi connectivity index (χ1v) is 5.38. The molecule has 0 unspecified atom stereocenters. The van der Waals surface area contributed by atoms with Crippen LogP contribution in [0.5, 0.6) is 5.75 Å². The zero-order valence-corrected chi connectivity index (χ0v) is 9.32. The Labute approximate surface area is 90.8 Å². The summed E-state index contributed by atoms with van der Waals surface area (Å²) in [7, 11) is 0. The number of aromatic nitrogens is 1. The predicted octanol–water partition coefficient (Wildman–Crippen LogP) is 1.69. The maximum absolute atomic E-state index is 5.67. The van der Waals surface area contributed by atoms with Gasteiger partial charge in [0.2, 0.25) is 0 Å². The molecular formula is C9H11IN2O. The first kappa shape index (κ1) is 9.21. The van der Waals surface area contributed by atoms with Crippen molar-refractivity contribution in [3.8, 4) is 5.75 Å². The Kier molecular flexibility index (Phi) is 2.69. The molecular weight excluding hydrogens is 279 g/mol. The first-order chi connectivity index (χ1) is 6.29. The van der Waals surface area contributed by atoms with Crippen molar-refractivity contribution in [3.63, 3.8) is 0 Å². The van der Waals surface area contributed by atoms with Crippen LogP contribution in [-0.2, 0) is 6.54 Å².